The molecule has 7 nitrogen and oxygen atoms in total. The van der Waals surface area contributed by atoms with Gasteiger partial charge in [0.2, 0.25) is 5.96 Å². The number of nitrogens with two attached hydrogens (primary N) is 2. The van der Waals surface area contributed by atoms with Gasteiger partial charge in [-0.05, 0) is 38.2 Å². The number of benzene rings is 1. The first-order valence-electron chi connectivity index (χ1n) is 7.01. The van der Waals surface area contributed by atoms with Crippen molar-refractivity contribution in [1.82, 2.24) is 15.8 Å². The molecule has 1 heterocycles. The number of guanidine groups is 1. The average Bonchev–Trinajstić information content (AvgIpc) is 2.75. The number of aliphatic imine (C=N–C) groups is 1. The second-order valence-corrected chi connectivity index (χ2v) is 5.51. The molecule has 0 fully saturated rings. The minimum absolute atomic E-state index is 0.315. The van der Waals surface area contributed by atoms with E-state index in [4.69, 9.17) is 16.2 Å². The zero-order chi connectivity index (χ0) is 15.3. The van der Waals surface area contributed by atoms with Gasteiger partial charge in [0.1, 0.15) is 5.75 Å². The molecule has 21 heavy (non-hydrogen) atoms. The lowest BCUT2D eigenvalue weighted by atomic mass is 10.2. The van der Waals surface area contributed by atoms with E-state index in [1.807, 2.05) is 26.2 Å². The van der Waals surface area contributed by atoms with E-state index in [2.05, 4.69) is 32.9 Å². The van der Waals surface area contributed by atoms with Gasteiger partial charge in [0.15, 0.2) is 5.79 Å². The van der Waals surface area contributed by atoms with Crippen molar-refractivity contribution in [2.45, 2.75) is 25.2 Å². The first-order valence-corrected chi connectivity index (χ1v) is 7.01. The predicted molar refractivity (Wildman–Crippen MR) is 83.4 cm³/mol. The van der Waals surface area contributed by atoms with Crippen LogP contribution < -0.4 is 27.1 Å². The fraction of sp³-hybridized carbons (Fsp3) is 0.500. The molecule has 1 aliphatic rings. The Morgan fingerprint density at radius 1 is 1.38 bits per heavy atom. The maximum Gasteiger partial charge on any atom is 0.206 e. The highest BCUT2D eigenvalue weighted by atomic mass is 16.5. The summed E-state index contributed by atoms with van der Waals surface area (Å²) in [6.07, 6.45) is 1.41. The molecule has 1 aliphatic heterocycles. The molecule has 0 amide bonds. The third kappa shape index (κ3) is 4.89. The lowest BCUT2D eigenvalue weighted by Gasteiger charge is -2.19. The Kier molecular flexibility index (Phi) is 5.00. The van der Waals surface area contributed by atoms with E-state index in [1.54, 1.807) is 0 Å². The third-order valence-electron chi connectivity index (χ3n) is 3.10. The molecule has 1 unspecified atom stereocenters. The zero-order valence-corrected chi connectivity index (χ0v) is 12.6. The smallest absolute Gasteiger partial charge is 0.206 e. The Morgan fingerprint density at radius 3 is 2.86 bits per heavy atom. The van der Waals surface area contributed by atoms with Crippen molar-refractivity contribution in [2.75, 3.05) is 20.7 Å². The van der Waals surface area contributed by atoms with Crippen molar-refractivity contribution in [3.05, 3.63) is 29.8 Å². The molecule has 6 N–H and O–H groups in total. The third-order valence-corrected chi connectivity index (χ3v) is 3.10. The summed E-state index contributed by atoms with van der Waals surface area (Å²) >= 11 is 0. The maximum absolute atomic E-state index is 6.01. The van der Waals surface area contributed by atoms with E-state index in [9.17, 15) is 0 Å². The van der Waals surface area contributed by atoms with Crippen LogP contribution in [0.25, 0.3) is 0 Å². The summed E-state index contributed by atoms with van der Waals surface area (Å²) in [7, 11) is 4.09. The van der Waals surface area contributed by atoms with Gasteiger partial charge in [-0.25, -0.2) is 4.99 Å². The normalized spacial score (nSPS) is 21.2. The Balaban J connectivity index is 1.76. The zero-order valence-electron chi connectivity index (χ0n) is 12.6. The average molecular weight is 292 g/mol. The minimum Gasteiger partial charge on any atom is -0.494 e. The molecule has 1 atom stereocenters. The molecule has 7 heteroatoms. The Labute approximate surface area is 125 Å². The molecule has 0 saturated heterocycles. The molecule has 0 spiro atoms. The molecular formula is C14H24N6O. The molecular weight excluding hydrogens is 268 g/mol. The summed E-state index contributed by atoms with van der Waals surface area (Å²) in [6.45, 7) is 1.48. The quantitative estimate of drug-likeness (QED) is 0.525. The van der Waals surface area contributed by atoms with Crippen LogP contribution in [0.1, 0.15) is 18.4 Å². The molecule has 2 rings (SSSR count). The van der Waals surface area contributed by atoms with Crippen LogP contribution in [-0.4, -0.2) is 37.3 Å². The highest BCUT2D eigenvalue weighted by Crippen LogP contribution is 2.16. The highest BCUT2D eigenvalue weighted by Gasteiger charge is 2.28. The second-order valence-electron chi connectivity index (χ2n) is 5.51. The van der Waals surface area contributed by atoms with Crippen LogP contribution in [0, 0.1) is 0 Å². The van der Waals surface area contributed by atoms with Gasteiger partial charge in [0.05, 0.1) is 6.61 Å². The topological polar surface area (TPSA) is 101 Å². The molecule has 0 aliphatic carbocycles. The molecule has 0 bridgehead atoms. The fourth-order valence-electron chi connectivity index (χ4n) is 2.19. The van der Waals surface area contributed by atoms with Crippen molar-refractivity contribution in [3.63, 3.8) is 0 Å². The van der Waals surface area contributed by atoms with Gasteiger partial charge in [-0.2, -0.15) is 5.43 Å². The SMILES string of the molecule is CN(C)Cc1cccc(OCCCC2(N)N=C(N)NN2)c1. The summed E-state index contributed by atoms with van der Waals surface area (Å²) in [5, 5.41) is 0. The van der Waals surface area contributed by atoms with Gasteiger partial charge >= 0.3 is 0 Å². The van der Waals surface area contributed by atoms with Crippen molar-refractivity contribution in [3.8, 4) is 5.75 Å². The van der Waals surface area contributed by atoms with Crippen LogP contribution in [0.2, 0.25) is 0 Å². The molecule has 1 aromatic carbocycles. The molecule has 0 radical (unpaired) electrons. The summed E-state index contributed by atoms with van der Waals surface area (Å²) in [5.41, 5.74) is 18.3. The number of hydrogen-bond donors (Lipinski definition) is 4. The number of rotatable bonds is 7. The minimum atomic E-state index is -0.833. The second kappa shape index (κ2) is 6.75. The van der Waals surface area contributed by atoms with Crippen molar-refractivity contribution < 1.29 is 4.74 Å². The summed E-state index contributed by atoms with van der Waals surface area (Å²) in [4.78, 5) is 6.22. The number of ether oxygens (including phenoxy) is 1. The Morgan fingerprint density at radius 2 is 2.19 bits per heavy atom. The lowest BCUT2D eigenvalue weighted by molar-refractivity contribution is 0.262. The molecule has 116 valence electrons. The summed E-state index contributed by atoms with van der Waals surface area (Å²) in [5.74, 6) is 0.357. The largest absolute Gasteiger partial charge is 0.494 e. The van der Waals surface area contributed by atoms with Crippen LogP contribution in [0.5, 0.6) is 5.75 Å². The number of nitrogens with one attached hydrogen (secondary N) is 2. The first kappa shape index (κ1) is 15.6. The van der Waals surface area contributed by atoms with Gasteiger partial charge in [-0.1, -0.05) is 12.1 Å². The Bertz CT molecular complexity index is 504. The van der Waals surface area contributed by atoms with E-state index < -0.39 is 5.79 Å². The van der Waals surface area contributed by atoms with Crippen LogP contribution in [0.15, 0.2) is 29.3 Å². The number of hydrazine groups is 1. The van der Waals surface area contributed by atoms with Crippen LogP contribution in [0.4, 0.5) is 0 Å². The van der Waals surface area contributed by atoms with Crippen molar-refractivity contribution >= 4 is 5.96 Å². The van der Waals surface area contributed by atoms with Gasteiger partial charge < -0.3 is 15.4 Å². The van der Waals surface area contributed by atoms with Gasteiger partial charge in [-0.15, -0.1) is 0 Å². The van der Waals surface area contributed by atoms with E-state index in [0.717, 1.165) is 18.7 Å². The van der Waals surface area contributed by atoms with Crippen molar-refractivity contribution in [2.24, 2.45) is 16.5 Å². The van der Waals surface area contributed by atoms with Crippen LogP contribution >= 0.6 is 0 Å². The first-order chi connectivity index (χ1) is 9.97. The van der Waals surface area contributed by atoms with E-state index >= 15 is 0 Å². The van der Waals surface area contributed by atoms with Crippen LogP contribution in [-0.2, 0) is 6.54 Å². The van der Waals surface area contributed by atoms with E-state index in [0.29, 0.717) is 19.0 Å². The highest BCUT2D eigenvalue weighted by molar-refractivity contribution is 5.79. The monoisotopic (exact) mass is 292 g/mol. The standard InChI is InChI=1S/C14H24N6O/c1-20(2)10-11-5-3-6-12(9-11)21-8-4-7-14(16)17-13(15)18-19-14/h3,5-6,9,19H,4,7-8,10,16H2,1-2H3,(H3,15,17,18). The van der Waals surface area contributed by atoms with Gasteiger partial charge in [0, 0.05) is 13.0 Å². The van der Waals surface area contributed by atoms with E-state index in [-0.39, 0.29) is 0 Å². The molecule has 0 saturated carbocycles. The fourth-order valence-corrected chi connectivity index (χ4v) is 2.19. The number of nitrogens with zero attached hydrogens (tertiary/aromatic N) is 2. The summed E-state index contributed by atoms with van der Waals surface area (Å²) < 4.78 is 5.76. The molecule has 1 aromatic rings. The number of hydrogen-bond acceptors (Lipinski definition) is 7. The predicted octanol–water partition coefficient (Wildman–Crippen LogP) is -0.0578. The van der Waals surface area contributed by atoms with Crippen molar-refractivity contribution in [1.29, 1.82) is 0 Å². The maximum atomic E-state index is 6.01. The van der Waals surface area contributed by atoms with E-state index in [1.165, 1.54) is 5.56 Å². The lowest BCUT2D eigenvalue weighted by Crippen LogP contribution is -2.53. The Hall–Kier alpha value is -1.83. The molecule has 0 aromatic heterocycles. The van der Waals surface area contributed by atoms with Gasteiger partial charge in [-0.3, -0.25) is 11.2 Å². The van der Waals surface area contributed by atoms with Crippen LogP contribution in [0.3, 0.4) is 0 Å². The van der Waals surface area contributed by atoms with Gasteiger partial charge in [0.25, 0.3) is 0 Å². The summed E-state index contributed by atoms with van der Waals surface area (Å²) in [6, 6.07) is 8.12.